The van der Waals surface area contributed by atoms with Gasteiger partial charge in [0.2, 0.25) is 0 Å². The Morgan fingerprint density at radius 2 is 2.00 bits per heavy atom. The average molecular weight is 264 g/mol. The van der Waals surface area contributed by atoms with Gasteiger partial charge in [-0.05, 0) is 37.6 Å². The fourth-order valence-corrected chi connectivity index (χ4v) is 2.34. The Morgan fingerprint density at radius 3 is 2.61 bits per heavy atom. The minimum atomic E-state index is 0.242. The van der Waals surface area contributed by atoms with Crippen molar-refractivity contribution >= 4 is 11.6 Å². The fraction of sp³-hybridized carbons (Fsp3) is 0.357. The number of aryl methyl sites for hydroxylation is 1. The van der Waals surface area contributed by atoms with Gasteiger partial charge in [0, 0.05) is 30.4 Å². The molecule has 96 valence electrons. The Labute approximate surface area is 113 Å². The van der Waals surface area contributed by atoms with Gasteiger partial charge in [0.05, 0.1) is 5.69 Å². The Balaban J connectivity index is 2.08. The molecule has 3 nitrogen and oxygen atoms in total. The maximum Gasteiger partial charge on any atom is 0.0547 e. The second-order valence-electron chi connectivity index (χ2n) is 4.54. The summed E-state index contributed by atoms with van der Waals surface area (Å²) < 4.78 is 1.89. The van der Waals surface area contributed by atoms with Gasteiger partial charge in [-0.2, -0.15) is 5.10 Å². The molecule has 0 radical (unpaired) electrons. The van der Waals surface area contributed by atoms with Crippen molar-refractivity contribution in [3.05, 3.63) is 52.8 Å². The second kappa shape index (κ2) is 5.55. The first-order valence-electron chi connectivity index (χ1n) is 6.07. The van der Waals surface area contributed by atoms with E-state index in [0.29, 0.717) is 0 Å². The molecule has 0 bridgehead atoms. The van der Waals surface area contributed by atoms with Crippen LogP contribution in [0.4, 0.5) is 0 Å². The zero-order valence-corrected chi connectivity index (χ0v) is 11.6. The van der Waals surface area contributed by atoms with Gasteiger partial charge < -0.3 is 5.32 Å². The van der Waals surface area contributed by atoms with Gasteiger partial charge in [-0.1, -0.05) is 23.7 Å². The lowest BCUT2D eigenvalue weighted by molar-refractivity contribution is 0.469. The van der Waals surface area contributed by atoms with E-state index < -0.39 is 0 Å². The fourth-order valence-electron chi connectivity index (χ4n) is 2.14. The summed E-state index contributed by atoms with van der Waals surface area (Å²) in [6.45, 7) is 4.27. The number of hydrogen-bond donors (Lipinski definition) is 1. The van der Waals surface area contributed by atoms with Crippen LogP contribution >= 0.6 is 11.6 Å². The monoisotopic (exact) mass is 263 g/mol. The van der Waals surface area contributed by atoms with Crippen molar-refractivity contribution in [1.29, 1.82) is 0 Å². The molecule has 4 heteroatoms. The first-order valence-corrected chi connectivity index (χ1v) is 6.45. The Morgan fingerprint density at radius 1 is 1.22 bits per heavy atom. The van der Waals surface area contributed by atoms with Crippen LogP contribution < -0.4 is 5.32 Å². The molecule has 0 aliphatic heterocycles. The molecule has 2 aromatic rings. The van der Waals surface area contributed by atoms with E-state index in [1.54, 1.807) is 0 Å². The van der Waals surface area contributed by atoms with Gasteiger partial charge in [0.25, 0.3) is 0 Å². The Bertz CT molecular complexity index is 521. The lowest BCUT2D eigenvalue weighted by Crippen LogP contribution is -2.24. The van der Waals surface area contributed by atoms with Crippen LogP contribution in [-0.4, -0.2) is 9.78 Å². The minimum Gasteiger partial charge on any atom is -0.302 e. The zero-order valence-electron chi connectivity index (χ0n) is 10.9. The quantitative estimate of drug-likeness (QED) is 0.915. The van der Waals surface area contributed by atoms with Gasteiger partial charge in [0.15, 0.2) is 0 Å². The smallest absolute Gasteiger partial charge is 0.0547 e. The van der Waals surface area contributed by atoms with Gasteiger partial charge in [-0.3, -0.25) is 4.68 Å². The molecule has 0 fully saturated rings. The number of halogens is 1. The normalized spacial score (nSPS) is 14.4. The molecule has 1 aromatic carbocycles. The Kier molecular flexibility index (Phi) is 4.04. The van der Waals surface area contributed by atoms with Crippen molar-refractivity contribution in [2.45, 2.75) is 25.9 Å². The van der Waals surface area contributed by atoms with Crippen molar-refractivity contribution in [1.82, 2.24) is 15.1 Å². The molecular formula is C14H18ClN3. The summed E-state index contributed by atoms with van der Waals surface area (Å²) in [5, 5.41) is 8.51. The summed E-state index contributed by atoms with van der Waals surface area (Å²) in [7, 11) is 1.96. The van der Waals surface area contributed by atoms with E-state index in [4.69, 9.17) is 11.6 Å². The zero-order chi connectivity index (χ0) is 13.1. The number of aromatic nitrogens is 2. The highest BCUT2D eigenvalue weighted by Crippen LogP contribution is 2.21. The highest BCUT2D eigenvalue weighted by atomic mass is 35.5. The first kappa shape index (κ1) is 13.1. The molecule has 18 heavy (non-hydrogen) atoms. The molecule has 0 saturated carbocycles. The molecular weight excluding hydrogens is 246 g/mol. The van der Waals surface area contributed by atoms with Gasteiger partial charge in [-0.15, -0.1) is 0 Å². The first-order chi connectivity index (χ1) is 8.58. The van der Waals surface area contributed by atoms with Crippen molar-refractivity contribution < 1.29 is 0 Å². The molecule has 0 saturated heterocycles. The highest BCUT2D eigenvalue weighted by molar-refractivity contribution is 6.30. The van der Waals surface area contributed by atoms with Crippen molar-refractivity contribution in [3.63, 3.8) is 0 Å². The maximum atomic E-state index is 6.01. The van der Waals surface area contributed by atoms with E-state index in [0.717, 1.165) is 5.02 Å². The molecule has 2 rings (SSSR count). The lowest BCUT2D eigenvalue weighted by atomic mass is 10.1. The SMILES string of the molecule is CC(N[C@H](C)c1cccc(Cl)c1)c1ccnn1C. The third-order valence-corrected chi connectivity index (χ3v) is 3.39. The molecule has 1 heterocycles. The molecule has 2 atom stereocenters. The summed E-state index contributed by atoms with van der Waals surface area (Å²) in [4.78, 5) is 0. The van der Waals surface area contributed by atoms with Crippen LogP contribution in [-0.2, 0) is 7.05 Å². The standard InChI is InChI=1S/C14H18ClN3/c1-10(12-5-4-6-13(15)9-12)17-11(2)14-7-8-16-18(14)3/h4-11,17H,1-3H3/t10-,11?/m1/s1. The van der Waals surface area contributed by atoms with Crippen LogP contribution in [0.5, 0.6) is 0 Å². The van der Waals surface area contributed by atoms with E-state index in [-0.39, 0.29) is 12.1 Å². The predicted molar refractivity (Wildman–Crippen MR) is 74.6 cm³/mol. The number of hydrogen-bond acceptors (Lipinski definition) is 2. The molecule has 1 unspecified atom stereocenters. The number of nitrogens with one attached hydrogen (secondary N) is 1. The van der Waals surface area contributed by atoms with Crippen LogP contribution in [0.3, 0.4) is 0 Å². The summed E-state index contributed by atoms with van der Waals surface area (Å²) in [5.41, 5.74) is 2.36. The Hall–Kier alpha value is -1.32. The molecule has 0 aliphatic rings. The molecule has 0 amide bonds. The summed E-state index contributed by atoms with van der Waals surface area (Å²) >= 11 is 6.01. The third kappa shape index (κ3) is 2.92. The predicted octanol–water partition coefficient (Wildman–Crippen LogP) is 3.49. The minimum absolute atomic E-state index is 0.242. The van der Waals surface area contributed by atoms with Crippen LogP contribution in [0.2, 0.25) is 5.02 Å². The second-order valence-corrected chi connectivity index (χ2v) is 4.98. The number of nitrogens with zero attached hydrogens (tertiary/aromatic N) is 2. The van der Waals surface area contributed by atoms with Crippen LogP contribution in [0.15, 0.2) is 36.5 Å². The van der Waals surface area contributed by atoms with Crippen molar-refractivity contribution in [2.24, 2.45) is 7.05 Å². The lowest BCUT2D eigenvalue weighted by Gasteiger charge is -2.20. The summed E-state index contributed by atoms with van der Waals surface area (Å²) in [6.07, 6.45) is 1.82. The van der Waals surface area contributed by atoms with Crippen LogP contribution in [0.1, 0.15) is 37.2 Å². The summed E-state index contributed by atoms with van der Waals surface area (Å²) in [6, 6.07) is 10.5. The van der Waals surface area contributed by atoms with E-state index >= 15 is 0 Å². The third-order valence-electron chi connectivity index (χ3n) is 3.15. The topological polar surface area (TPSA) is 29.9 Å². The van der Waals surface area contributed by atoms with Crippen LogP contribution in [0.25, 0.3) is 0 Å². The van der Waals surface area contributed by atoms with Gasteiger partial charge >= 0.3 is 0 Å². The maximum absolute atomic E-state index is 6.01. The molecule has 1 aromatic heterocycles. The largest absolute Gasteiger partial charge is 0.302 e. The number of benzene rings is 1. The van der Waals surface area contributed by atoms with E-state index in [9.17, 15) is 0 Å². The number of rotatable bonds is 4. The van der Waals surface area contributed by atoms with E-state index in [2.05, 4.69) is 30.3 Å². The highest BCUT2D eigenvalue weighted by Gasteiger charge is 2.13. The molecule has 0 spiro atoms. The van der Waals surface area contributed by atoms with Crippen molar-refractivity contribution in [3.8, 4) is 0 Å². The van der Waals surface area contributed by atoms with E-state index in [1.807, 2.05) is 42.2 Å². The average Bonchev–Trinajstić information content (AvgIpc) is 2.75. The molecule has 1 N–H and O–H groups in total. The van der Waals surface area contributed by atoms with Crippen LogP contribution in [0, 0.1) is 0 Å². The van der Waals surface area contributed by atoms with E-state index in [1.165, 1.54) is 11.3 Å². The molecule has 0 aliphatic carbocycles. The summed E-state index contributed by atoms with van der Waals surface area (Å²) in [5.74, 6) is 0. The van der Waals surface area contributed by atoms with Gasteiger partial charge in [-0.25, -0.2) is 0 Å². The van der Waals surface area contributed by atoms with Crippen molar-refractivity contribution in [2.75, 3.05) is 0 Å². The van der Waals surface area contributed by atoms with Gasteiger partial charge in [0.1, 0.15) is 0 Å².